The summed E-state index contributed by atoms with van der Waals surface area (Å²) in [6, 6.07) is 9.48. The van der Waals surface area contributed by atoms with Crippen LogP contribution >= 0.6 is 0 Å². The zero-order valence-electron chi connectivity index (χ0n) is 11.8. The fraction of sp³-hybridized carbons (Fsp3) is 0.333. The summed E-state index contributed by atoms with van der Waals surface area (Å²) in [5, 5.41) is 9.68. The van der Waals surface area contributed by atoms with E-state index in [1.165, 1.54) is 0 Å². The highest BCUT2D eigenvalue weighted by atomic mass is 16.2. The average molecular weight is 272 g/mol. The Bertz CT molecular complexity index is 556. The van der Waals surface area contributed by atoms with E-state index in [4.69, 9.17) is 5.73 Å². The van der Waals surface area contributed by atoms with Crippen LogP contribution in [0.1, 0.15) is 26.7 Å². The van der Waals surface area contributed by atoms with Gasteiger partial charge in [-0.2, -0.15) is 5.10 Å². The van der Waals surface area contributed by atoms with Gasteiger partial charge in [-0.15, -0.1) is 0 Å². The standard InChI is InChI=1S/C15H20N4O/c1-3-15(16,4-2)14(20)18-12-7-5-11(6-8-12)13-9-10-17-19-13/h5-10H,3-4,16H2,1-2H3,(H,17,19)(H,18,20). The van der Waals surface area contributed by atoms with Crippen LogP contribution < -0.4 is 11.1 Å². The molecular weight excluding hydrogens is 252 g/mol. The lowest BCUT2D eigenvalue weighted by atomic mass is 9.93. The third-order valence-corrected chi connectivity index (χ3v) is 3.67. The number of nitrogens with zero attached hydrogens (tertiary/aromatic N) is 1. The molecule has 1 aromatic heterocycles. The summed E-state index contributed by atoms with van der Waals surface area (Å²) in [5.74, 6) is -0.142. The van der Waals surface area contributed by atoms with Crippen molar-refractivity contribution in [2.45, 2.75) is 32.2 Å². The lowest BCUT2D eigenvalue weighted by Crippen LogP contribution is -2.50. The topological polar surface area (TPSA) is 83.8 Å². The van der Waals surface area contributed by atoms with Crippen molar-refractivity contribution in [2.75, 3.05) is 5.32 Å². The number of amides is 1. The normalized spacial score (nSPS) is 11.3. The molecule has 5 nitrogen and oxygen atoms in total. The maximum atomic E-state index is 12.2. The average Bonchev–Trinajstić information content (AvgIpc) is 3.01. The van der Waals surface area contributed by atoms with Gasteiger partial charge in [0.25, 0.3) is 0 Å². The minimum atomic E-state index is -0.804. The zero-order chi connectivity index (χ0) is 14.6. The Kier molecular flexibility index (Phi) is 4.20. The molecule has 0 bridgehead atoms. The van der Waals surface area contributed by atoms with Crippen LogP contribution in [-0.2, 0) is 4.79 Å². The molecule has 20 heavy (non-hydrogen) atoms. The SMILES string of the molecule is CCC(N)(CC)C(=O)Nc1ccc(-c2ccn[nH]2)cc1. The van der Waals surface area contributed by atoms with Crippen LogP contribution in [0.25, 0.3) is 11.3 Å². The summed E-state index contributed by atoms with van der Waals surface area (Å²) in [5.41, 5.74) is 7.97. The molecule has 0 aliphatic rings. The van der Waals surface area contributed by atoms with Gasteiger partial charge in [-0.3, -0.25) is 9.89 Å². The summed E-state index contributed by atoms with van der Waals surface area (Å²) in [7, 11) is 0. The third-order valence-electron chi connectivity index (χ3n) is 3.67. The molecule has 2 aromatic rings. The number of hydrogen-bond donors (Lipinski definition) is 3. The monoisotopic (exact) mass is 272 g/mol. The van der Waals surface area contributed by atoms with Gasteiger partial charge in [0.05, 0.1) is 11.2 Å². The Labute approximate surface area is 118 Å². The number of nitrogens with one attached hydrogen (secondary N) is 2. The van der Waals surface area contributed by atoms with Crippen molar-refractivity contribution in [3.8, 4) is 11.3 Å². The van der Waals surface area contributed by atoms with E-state index < -0.39 is 5.54 Å². The van der Waals surface area contributed by atoms with Gasteiger partial charge in [0.2, 0.25) is 5.91 Å². The molecule has 0 saturated carbocycles. The molecule has 1 heterocycles. The summed E-state index contributed by atoms with van der Waals surface area (Å²) in [4.78, 5) is 12.2. The second-order valence-electron chi connectivity index (χ2n) is 4.87. The van der Waals surface area contributed by atoms with Crippen LogP contribution in [0.2, 0.25) is 0 Å². The number of aromatic nitrogens is 2. The van der Waals surface area contributed by atoms with E-state index in [0.29, 0.717) is 12.8 Å². The van der Waals surface area contributed by atoms with Gasteiger partial charge in [-0.25, -0.2) is 0 Å². The Balaban J connectivity index is 2.10. The Morgan fingerprint density at radius 1 is 1.25 bits per heavy atom. The fourth-order valence-electron chi connectivity index (χ4n) is 1.98. The minimum absolute atomic E-state index is 0.142. The molecule has 0 fully saturated rings. The molecule has 1 amide bonds. The van der Waals surface area contributed by atoms with Gasteiger partial charge in [0.1, 0.15) is 0 Å². The second-order valence-corrected chi connectivity index (χ2v) is 4.87. The lowest BCUT2D eigenvalue weighted by molar-refractivity contribution is -0.121. The van der Waals surface area contributed by atoms with Crippen LogP contribution in [0, 0.1) is 0 Å². The maximum Gasteiger partial charge on any atom is 0.244 e. The summed E-state index contributed by atoms with van der Waals surface area (Å²) in [6.07, 6.45) is 2.93. The lowest BCUT2D eigenvalue weighted by Gasteiger charge is -2.25. The highest BCUT2D eigenvalue weighted by Gasteiger charge is 2.29. The molecule has 0 spiro atoms. The molecule has 1 aromatic carbocycles. The molecule has 0 atom stereocenters. The van der Waals surface area contributed by atoms with Crippen molar-refractivity contribution in [1.82, 2.24) is 10.2 Å². The molecule has 0 aliphatic heterocycles. The highest BCUT2D eigenvalue weighted by molar-refractivity contribution is 5.98. The van der Waals surface area contributed by atoms with E-state index in [9.17, 15) is 4.79 Å². The minimum Gasteiger partial charge on any atom is -0.324 e. The van der Waals surface area contributed by atoms with Gasteiger partial charge < -0.3 is 11.1 Å². The van der Waals surface area contributed by atoms with Gasteiger partial charge >= 0.3 is 0 Å². The fourth-order valence-corrected chi connectivity index (χ4v) is 1.98. The molecule has 2 rings (SSSR count). The Hall–Kier alpha value is -2.14. The van der Waals surface area contributed by atoms with E-state index in [-0.39, 0.29) is 5.91 Å². The van der Waals surface area contributed by atoms with Crippen LogP contribution in [0.15, 0.2) is 36.5 Å². The van der Waals surface area contributed by atoms with Crippen LogP contribution in [0.3, 0.4) is 0 Å². The van der Waals surface area contributed by atoms with Crippen molar-refractivity contribution < 1.29 is 4.79 Å². The third kappa shape index (κ3) is 2.88. The first kappa shape index (κ1) is 14.3. The molecule has 4 N–H and O–H groups in total. The quantitative estimate of drug-likeness (QED) is 0.782. The van der Waals surface area contributed by atoms with Crippen LogP contribution in [0.4, 0.5) is 5.69 Å². The number of H-pyrrole nitrogens is 1. The predicted octanol–water partition coefficient (Wildman–Crippen LogP) is 2.53. The van der Waals surface area contributed by atoms with Gasteiger partial charge in [0.15, 0.2) is 0 Å². The highest BCUT2D eigenvalue weighted by Crippen LogP contribution is 2.20. The van der Waals surface area contributed by atoms with Crippen molar-refractivity contribution in [2.24, 2.45) is 5.73 Å². The number of anilines is 1. The van der Waals surface area contributed by atoms with Crippen LogP contribution in [-0.4, -0.2) is 21.6 Å². The molecule has 0 aliphatic carbocycles. The van der Waals surface area contributed by atoms with Gasteiger partial charge in [0, 0.05) is 11.9 Å². The van der Waals surface area contributed by atoms with Crippen molar-refractivity contribution >= 4 is 11.6 Å². The number of carbonyl (C=O) groups excluding carboxylic acids is 1. The number of carbonyl (C=O) groups is 1. The summed E-state index contributed by atoms with van der Waals surface area (Å²) < 4.78 is 0. The maximum absolute atomic E-state index is 12.2. The summed E-state index contributed by atoms with van der Waals surface area (Å²) in [6.45, 7) is 3.84. The predicted molar refractivity (Wildman–Crippen MR) is 80.2 cm³/mol. The van der Waals surface area contributed by atoms with Crippen molar-refractivity contribution in [3.05, 3.63) is 36.5 Å². The Morgan fingerprint density at radius 3 is 2.40 bits per heavy atom. The first-order valence-electron chi connectivity index (χ1n) is 6.79. The van der Waals surface area contributed by atoms with E-state index in [1.807, 2.05) is 44.2 Å². The zero-order valence-corrected chi connectivity index (χ0v) is 11.8. The van der Waals surface area contributed by atoms with E-state index in [2.05, 4.69) is 15.5 Å². The molecular formula is C15H20N4O. The first-order valence-corrected chi connectivity index (χ1v) is 6.79. The summed E-state index contributed by atoms with van der Waals surface area (Å²) >= 11 is 0. The molecule has 5 heteroatoms. The van der Waals surface area contributed by atoms with E-state index >= 15 is 0 Å². The van der Waals surface area contributed by atoms with E-state index in [1.54, 1.807) is 6.20 Å². The molecule has 0 unspecified atom stereocenters. The first-order chi connectivity index (χ1) is 9.59. The number of benzene rings is 1. The molecule has 0 saturated heterocycles. The molecule has 0 radical (unpaired) electrons. The largest absolute Gasteiger partial charge is 0.324 e. The number of nitrogens with two attached hydrogens (primary N) is 1. The van der Waals surface area contributed by atoms with Gasteiger partial charge in [-0.1, -0.05) is 26.0 Å². The van der Waals surface area contributed by atoms with Gasteiger partial charge in [-0.05, 0) is 36.6 Å². The van der Waals surface area contributed by atoms with Crippen molar-refractivity contribution in [3.63, 3.8) is 0 Å². The second kappa shape index (κ2) is 5.88. The smallest absolute Gasteiger partial charge is 0.244 e. The Morgan fingerprint density at radius 2 is 1.90 bits per heavy atom. The van der Waals surface area contributed by atoms with E-state index in [0.717, 1.165) is 16.9 Å². The number of rotatable bonds is 5. The van der Waals surface area contributed by atoms with Crippen LogP contribution in [0.5, 0.6) is 0 Å². The van der Waals surface area contributed by atoms with Crippen molar-refractivity contribution in [1.29, 1.82) is 0 Å². The number of hydrogen-bond acceptors (Lipinski definition) is 3. The number of aromatic amines is 1. The molecule has 106 valence electrons.